The molecule has 8 nitrogen and oxygen atoms in total. The lowest BCUT2D eigenvalue weighted by Crippen LogP contribution is -2.36. The second kappa shape index (κ2) is 8.29. The number of rotatable bonds is 4. The number of pyridine rings is 1. The molecule has 2 aliphatic rings. The van der Waals surface area contributed by atoms with Gasteiger partial charge in [-0.05, 0) is 18.6 Å². The average molecular weight is 441 g/mol. The van der Waals surface area contributed by atoms with E-state index in [2.05, 4.69) is 48.0 Å². The first-order valence-corrected chi connectivity index (χ1v) is 11.2. The molecular formula is C25H24N6O2. The van der Waals surface area contributed by atoms with Crippen LogP contribution < -0.4 is 4.90 Å². The highest BCUT2D eigenvalue weighted by Crippen LogP contribution is 2.32. The van der Waals surface area contributed by atoms with Gasteiger partial charge in [-0.1, -0.05) is 30.3 Å². The van der Waals surface area contributed by atoms with Gasteiger partial charge in [-0.3, -0.25) is 0 Å². The summed E-state index contributed by atoms with van der Waals surface area (Å²) in [6.07, 6.45) is 7.38. The highest BCUT2D eigenvalue weighted by Gasteiger charge is 2.30. The van der Waals surface area contributed by atoms with Crippen LogP contribution in [0, 0.1) is 0 Å². The van der Waals surface area contributed by atoms with Crippen LogP contribution in [0.25, 0.3) is 22.2 Å². The van der Waals surface area contributed by atoms with E-state index in [1.54, 1.807) is 0 Å². The van der Waals surface area contributed by atoms with Crippen LogP contribution in [-0.2, 0) is 9.47 Å². The van der Waals surface area contributed by atoms with Gasteiger partial charge in [0, 0.05) is 48.2 Å². The number of morpholine rings is 1. The summed E-state index contributed by atoms with van der Waals surface area (Å²) in [5, 5.41) is 1.04. The van der Waals surface area contributed by atoms with Crippen molar-refractivity contribution >= 4 is 22.6 Å². The molecule has 33 heavy (non-hydrogen) atoms. The van der Waals surface area contributed by atoms with E-state index < -0.39 is 0 Å². The van der Waals surface area contributed by atoms with Crippen molar-refractivity contribution in [1.82, 2.24) is 19.9 Å². The summed E-state index contributed by atoms with van der Waals surface area (Å²) in [6.45, 7) is 5.26. The van der Waals surface area contributed by atoms with Gasteiger partial charge in [0.1, 0.15) is 11.8 Å². The molecule has 2 atom stereocenters. The molecule has 166 valence electrons. The molecule has 0 saturated carbocycles. The molecule has 0 unspecified atom stereocenters. The number of ether oxygens (including phenoxy) is 2. The van der Waals surface area contributed by atoms with Gasteiger partial charge in [0.05, 0.1) is 31.1 Å². The fraction of sp³-hybridized carbons (Fsp3) is 0.280. The standard InChI is InChI=1S/C25H24N6O2/c1-16-22(17-5-3-2-4-6-17)33-25(30-16)24-26-12-18(13-27-24)21-15-29-23-20(21)11-19(14-28-23)31-7-9-32-10-8-31/h2-6,11-16,22H,7-10H2,1H3,(H,28,29)/t16-,22-/m1/s1. The number of hydrogen-bond donors (Lipinski definition) is 1. The third-order valence-corrected chi connectivity index (χ3v) is 6.17. The molecule has 0 radical (unpaired) electrons. The quantitative estimate of drug-likeness (QED) is 0.520. The zero-order valence-corrected chi connectivity index (χ0v) is 18.3. The molecule has 8 heteroatoms. The number of nitrogens with one attached hydrogen (secondary N) is 1. The number of H-pyrrole nitrogens is 1. The summed E-state index contributed by atoms with van der Waals surface area (Å²) in [5.41, 5.74) is 4.97. The first kappa shape index (κ1) is 19.9. The first-order valence-electron chi connectivity index (χ1n) is 11.2. The molecule has 0 amide bonds. The van der Waals surface area contributed by atoms with E-state index in [1.165, 1.54) is 0 Å². The van der Waals surface area contributed by atoms with Crippen LogP contribution in [-0.4, -0.2) is 58.2 Å². The fourth-order valence-electron chi connectivity index (χ4n) is 4.40. The van der Waals surface area contributed by atoms with Gasteiger partial charge >= 0.3 is 0 Å². The monoisotopic (exact) mass is 440 g/mol. The molecule has 1 aromatic carbocycles. The van der Waals surface area contributed by atoms with Gasteiger partial charge in [-0.25, -0.2) is 19.9 Å². The van der Waals surface area contributed by atoms with Crippen molar-refractivity contribution in [3.8, 4) is 11.1 Å². The van der Waals surface area contributed by atoms with Gasteiger partial charge in [0.2, 0.25) is 5.82 Å². The van der Waals surface area contributed by atoms with Crippen LogP contribution in [0.5, 0.6) is 0 Å². The minimum Gasteiger partial charge on any atom is -0.465 e. The molecule has 5 heterocycles. The number of anilines is 1. The van der Waals surface area contributed by atoms with Gasteiger partial charge < -0.3 is 19.4 Å². The van der Waals surface area contributed by atoms with Crippen LogP contribution in [0.3, 0.4) is 0 Å². The smallest absolute Gasteiger partial charge is 0.256 e. The second-order valence-corrected chi connectivity index (χ2v) is 8.31. The maximum absolute atomic E-state index is 6.12. The number of hydrogen-bond acceptors (Lipinski definition) is 7. The summed E-state index contributed by atoms with van der Waals surface area (Å²) >= 11 is 0. The van der Waals surface area contributed by atoms with E-state index in [0.717, 1.165) is 59.7 Å². The first-order chi connectivity index (χ1) is 16.3. The molecule has 3 aromatic heterocycles. The number of benzene rings is 1. The summed E-state index contributed by atoms with van der Waals surface area (Å²) < 4.78 is 11.6. The normalized spacial score (nSPS) is 20.6. The van der Waals surface area contributed by atoms with Crippen molar-refractivity contribution in [2.24, 2.45) is 4.99 Å². The summed E-state index contributed by atoms with van der Waals surface area (Å²) in [4.78, 5) is 24.0. The van der Waals surface area contributed by atoms with Crippen molar-refractivity contribution in [3.63, 3.8) is 0 Å². The predicted octanol–water partition coefficient (Wildman–Crippen LogP) is 3.76. The number of fused-ring (bicyclic) bond motifs is 1. The molecule has 0 spiro atoms. The van der Waals surface area contributed by atoms with Gasteiger partial charge in [0.15, 0.2) is 0 Å². The minimum absolute atomic E-state index is 0.00368. The SMILES string of the molecule is C[C@H]1N=C(c2ncc(-c3c[nH]c4ncc(N5CCOCC5)cc34)cn2)O[C@H]1c1ccccc1. The maximum atomic E-state index is 6.12. The zero-order valence-electron chi connectivity index (χ0n) is 18.3. The lowest BCUT2D eigenvalue weighted by Gasteiger charge is -2.28. The van der Waals surface area contributed by atoms with E-state index in [4.69, 9.17) is 9.47 Å². The van der Waals surface area contributed by atoms with E-state index in [-0.39, 0.29) is 12.1 Å². The summed E-state index contributed by atoms with van der Waals surface area (Å²) in [7, 11) is 0. The Morgan fingerprint density at radius 2 is 1.79 bits per heavy atom. The number of aromatic nitrogens is 4. The Balaban J connectivity index is 1.26. The Hall–Kier alpha value is -3.78. The van der Waals surface area contributed by atoms with Crippen LogP contribution >= 0.6 is 0 Å². The van der Waals surface area contributed by atoms with Crippen LogP contribution in [0.4, 0.5) is 5.69 Å². The van der Waals surface area contributed by atoms with E-state index in [9.17, 15) is 0 Å². The van der Waals surface area contributed by atoms with Crippen molar-refractivity contribution in [1.29, 1.82) is 0 Å². The lowest BCUT2D eigenvalue weighted by molar-refractivity contribution is 0.122. The molecule has 4 aromatic rings. The molecular weight excluding hydrogens is 416 g/mol. The Morgan fingerprint density at radius 1 is 1.00 bits per heavy atom. The summed E-state index contributed by atoms with van der Waals surface area (Å²) in [6, 6.07) is 12.3. The average Bonchev–Trinajstić information content (AvgIpc) is 3.48. The topological polar surface area (TPSA) is 88.5 Å². The van der Waals surface area contributed by atoms with Crippen LogP contribution in [0.15, 0.2) is 66.2 Å². The highest BCUT2D eigenvalue weighted by atomic mass is 16.5. The van der Waals surface area contributed by atoms with E-state index >= 15 is 0 Å². The van der Waals surface area contributed by atoms with Crippen LogP contribution in [0.2, 0.25) is 0 Å². The van der Waals surface area contributed by atoms with Crippen molar-refractivity contribution < 1.29 is 9.47 Å². The minimum atomic E-state index is -0.122. The fourth-order valence-corrected chi connectivity index (χ4v) is 4.40. The Morgan fingerprint density at radius 3 is 2.58 bits per heavy atom. The molecule has 1 saturated heterocycles. The Bertz CT molecular complexity index is 1300. The largest absolute Gasteiger partial charge is 0.465 e. The zero-order chi connectivity index (χ0) is 22.2. The van der Waals surface area contributed by atoms with Gasteiger partial charge in [-0.2, -0.15) is 0 Å². The van der Waals surface area contributed by atoms with E-state index in [1.807, 2.05) is 49.9 Å². The summed E-state index contributed by atoms with van der Waals surface area (Å²) in [5.74, 6) is 0.981. The Kier molecular flexibility index (Phi) is 4.99. The highest BCUT2D eigenvalue weighted by molar-refractivity contribution is 5.96. The van der Waals surface area contributed by atoms with Crippen LogP contribution in [0.1, 0.15) is 24.4 Å². The molecule has 0 bridgehead atoms. The number of aromatic amines is 1. The number of aliphatic imine (C=N–C) groups is 1. The van der Waals surface area contributed by atoms with Crippen molar-refractivity contribution in [2.45, 2.75) is 19.1 Å². The van der Waals surface area contributed by atoms with Gasteiger partial charge in [0.25, 0.3) is 5.90 Å². The third-order valence-electron chi connectivity index (χ3n) is 6.17. The van der Waals surface area contributed by atoms with Crippen molar-refractivity contribution in [3.05, 3.63) is 72.6 Å². The molecule has 1 fully saturated rings. The molecule has 1 N–H and O–H groups in total. The second-order valence-electron chi connectivity index (χ2n) is 8.31. The Labute approximate surface area is 191 Å². The number of nitrogens with zero attached hydrogens (tertiary/aromatic N) is 5. The van der Waals surface area contributed by atoms with Gasteiger partial charge in [-0.15, -0.1) is 0 Å². The lowest BCUT2D eigenvalue weighted by atomic mass is 10.0. The maximum Gasteiger partial charge on any atom is 0.256 e. The van der Waals surface area contributed by atoms with Crippen molar-refractivity contribution in [2.75, 3.05) is 31.2 Å². The predicted molar refractivity (Wildman–Crippen MR) is 126 cm³/mol. The third kappa shape index (κ3) is 3.72. The molecule has 2 aliphatic heterocycles. The molecule has 6 rings (SSSR count). The van der Waals surface area contributed by atoms with E-state index in [0.29, 0.717) is 11.7 Å². The molecule has 0 aliphatic carbocycles.